The molecule has 0 aliphatic carbocycles. The van der Waals surface area contributed by atoms with E-state index in [1.54, 1.807) is 0 Å². The number of aryl methyl sites for hydroxylation is 1. The molecule has 2 nitrogen and oxygen atoms in total. The lowest BCUT2D eigenvalue weighted by atomic mass is 10.2. The summed E-state index contributed by atoms with van der Waals surface area (Å²) in [6, 6.07) is 2.01. The van der Waals surface area contributed by atoms with Gasteiger partial charge in [0.1, 0.15) is 5.75 Å². The molecule has 0 fully saturated rings. The lowest BCUT2D eigenvalue weighted by Crippen LogP contribution is -2.08. The Bertz CT molecular complexity index is 299. The molecule has 0 N–H and O–H groups in total. The number of halogens is 1. The summed E-state index contributed by atoms with van der Waals surface area (Å²) in [5, 5.41) is 0.769. The van der Waals surface area contributed by atoms with E-state index in [1.165, 1.54) is 5.56 Å². The molecule has 14 heavy (non-hydrogen) atoms. The topological polar surface area (TPSA) is 22.1 Å². The molecule has 0 aromatic carbocycles. The van der Waals surface area contributed by atoms with E-state index in [1.807, 2.05) is 26.1 Å². The molecule has 3 heteroatoms. The van der Waals surface area contributed by atoms with Crippen molar-refractivity contribution in [2.24, 2.45) is 0 Å². The molecule has 1 aromatic heterocycles. The largest absolute Gasteiger partial charge is 0.491 e. The Labute approximate surface area is 93.8 Å². The Morgan fingerprint density at radius 2 is 2.21 bits per heavy atom. The van der Waals surface area contributed by atoms with Gasteiger partial charge in [-0.2, -0.15) is 0 Å². The Morgan fingerprint density at radius 1 is 1.50 bits per heavy atom. The Balaban J connectivity index is 2.96. The Morgan fingerprint density at radius 3 is 2.71 bits per heavy atom. The van der Waals surface area contributed by atoms with Gasteiger partial charge in [0, 0.05) is 23.2 Å². The molecule has 0 saturated carbocycles. The number of hydrogen-bond donors (Lipinski definition) is 0. The van der Waals surface area contributed by atoms with Crippen molar-refractivity contribution in [2.45, 2.75) is 38.6 Å². The minimum absolute atomic E-state index is 0.214. The van der Waals surface area contributed by atoms with Crippen molar-refractivity contribution in [3.63, 3.8) is 0 Å². The number of hydrogen-bond acceptors (Lipinski definition) is 2. The minimum Gasteiger partial charge on any atom is -0.491 e. The second kappa shape index (κ2) is 5.35. The third-order valence-electron chi connectivity index (χ3n) is 1.88. The van der Waals surface area contributed by atoms with Crippen LogP contribution in [0, 0.1) is 0 Å². The first-order valence-electron chi connectivity index (χ1n) is 4.87. The third kappa shape index (κ3) is 2.98. The van der Waals surface area contributed by atoms with Crippen molar-refractivity contribution in [1.29, 1.82) is 0 Å². The summed E-state index contributed by atoms with van der Waals surface area (Å²) in [5.74, 6) is 0.965. The maximum absolute atomic E-state index is 5.72. The van der Waals surface area contributed by atoms with E-state index in [0.29, 0.717) is 0 Å². The minimum atomic E-state index is 0.214. The van der Waals surface area contributed by atoms with Crippen LogP contribution in [0.25, 0.3) is 0 Å². The van der Waals surface area contributed by atoms with E-state index in [9.17, 15) is 0 Å². The number of nitrogens with zero attached hydrogens (tertiary/aromatic N) is 1. The summed E-state index contributed by atoms with van der Waals surface area (Å²) in [7, 11) is 0. The average Bonchev–Trinajstić information content (AvgIpc) is 2.16. The van der Waals surface area contributed by atoms with Gasteiger partial charge in [0.15, 0.2) is 0 Å². The van der Waals surface area contributed by atoms with Crippen LogP contribution in [0.5, 0.6) is 5.75 Å². The van der Waals surface area contributed by atoms with Crippen molar-refractivity contribution >= 4 is 15.9 Å². The number of alkyl halides is 1. The van der Waals surface area contributed by atoms with Crippen LogP contribution >= 0.6 is 15.9 Å². The highest BCUT2D eigenvalue weighted by Crippen LogP contribution is 2.21. The fourth-order valence-electron chi connectivity index (χ4n) is 1.21. The fraction of sp³-hybridized carbons (Fsp3) is 0.545. The van der Waals surface area contributed by atoms with E-state index in [-0.39, 0.29) is 6.10 Å². The monoisotopic (exact) mass is 257 g/mol. The molecule has 0 aliphatic rings. The maximum Gasteiger partial charge on any atom is 0.126 e. The van der Waals surface area contributed by atoms with E-state index < -0.39 is 0 Å². The summed E-state index contributed by atoms with van der Waals surface area (Å²) in [6.07, 6.45) is 3.07. The van der Waals surface area contributed by atoms with Gasteiger partial charge < -0.3 is 4.74 Å². The van der Waals surface area contributed by atoms with Crippen molar-refractivity contribution in [3.05, 3.63) is 23.5 Å². The van der Waals surface area contributed by atoms with Crippen LogP contribution in [0.4, 0.5) is 0 Å². The Hall–Kier alpha value is -0.570. The van der Waals surface area contributed by atoms with Crippen molar-refractivity contribution < 1.29 is 4.74 Å². The molecule has 0 spiro atoms. The molecular formula is C11H16BrNO. The molecule has 0 atom stereocenters. The zero-order valence-electron chi connectivity index (χ0n) is 8.88. The van der Waals surface area contributed by atoms with Crippen LogP contribution in [0.15, 0.2) is 12.3 Å². The first kappa shape index (κ1) is 11.5. The number of pyridine rings is 1. The van der Waals surface area contributed by atoms with Gasteiger partial charge >= 0.3 is 0 Å². The van der Waals surface area contributed by atoms with Crippen LogP contribution in [0.1, 0.15) is 32.0 Å². The van der Waals surface area contributed by atoms with E-state index >= 15 is 0 Å². The van der Waals surface area contributed by atoms with Gasteiger partial charge in [-0.05, 0) is 20.3 Å². The van der Waals surface area contributed by atoms with Crippen LogP contribution < -0.4 is 4.74 Å². The molecule has 0 saturated heterocycles. The smallest absolute Gasteiger partial charge is 0.126 e. The van der Waals surface area contributed by atoms with Crippen LogP contribution in [-0.4, -0.2) is 11.1 Å². The number of rotatable bonds is 4. The molecule has 0 radical (unpaired) electrons. The van der Waals surface area contributed by atoms with Gasteiger partial charge in [0.25, 0.3) is 0 Å². The number of aromatic nitrogens is 1. The predicted molar refractivity (Wildman–Crippen MR) is 62.0 cm³/mol. The second-order valence-corrected chi connectivity index (χ2v) is 4.00. The molecule has 0 unspecified atom stereocenters. The predicted octanol–water partition coefficient (Wildman–Crippen LogP) is 3.33. The van der Waals surface area contributed by atoms with Gasteiger partial charge in [-0.3, -0.25) is 4.98 Å². The standard InChI is InChI=1S/C11H16BrNO/c1-4-9-7-13-10(6-12)5-11(9)14-8(2)3/h5,7-8H,4,6H2,1-3H3. The molecule has 0 aliphatic heterocycles. The first-order chi connectivity index (χ1) is 6.67. The molecule has 0 bridgehead atoms. The lowest BCUT2D eigenvalue weighted by molar-refractivity contribution is 0.239. The van der Waals surface area contributed by atoms with E-state index in [0.717, 1.165) is 23.2 Å². The normalized spacial score (nSPS) is 10.6. The lowest BCUT2D eigenvalue weighted by Gasteiger charge is -2.13. The Kier molecular flexibility index (Phi) is 4.39. The highest BCUT2D eigenvalue weighted by Gasteiger charge is 2.06. The highest BCUT2D eigenvalue weighted by molar-refractivity contribution is 9.08. The average molecular weight is 258 g/mol. The van der Waals surface area contributed by atoms with Crippen LogP contribution in [-0.2, 0) is 11.8 Å². The van der Waals surface area contributed by atoms with E-state index in [2.05, 4.69) is 27.8 Å². The van der Waals surface area contributed by atoms with Crippen LogP contribution in [0.2, 0.25) is 0 Å². The van der Waals surface area contributed by atoms with Gasteiger partial charge in [-0.15, -0.1) is 0 Å². The summed E-state index contributed by atoms with van der Waals surface area (Å²) < 4.78 is 5.72. The summed E-state index contributed by atoms with van der Waals surface area (Å²) in [5.41, 5.74) is 2.18. The summed E-state index contributed by atoms with van der Waals surface area (Å²) >= 11 is 3.39. The van der Waals surface area contributed by atoms with Crippen molar-refractivity contribution in [2.75, 3.05) is 0 Å². The van der Waals surface area contributed by atoms with E-state index in [4.69, 9.17) is 4.74 Å². The van der Waals surface area contributed by atoms with Crippen molar-refractivity contribution in [3.8, 4) is 5.75 Å². The quantitative estimate of drug-likeness (QED) is 0.773. The number of ether oxygens (including phenoxy) is 1. The molecule has 1 rings (SSSR count). The van der Waals surface area contributed by atoms with Gasteiger partial charge in [0.2, 0.25) is 0 Å². The van der Waals surface area contributed by atoms with Gasteiger partial charge in [0.05, 0.1) is 11.8 Å². The van der Waals surface area contributed by atoms with Gasteiger partial charge in [-0.1, -0.05) is 22.9 Å². The third-order valence-corrected chi connectivity index (χ3v) is 2.46. The summed E-state index contributed by atoms with van der Waals surface area (Å²) in [4.78, 5) is 4.31. The maximum atomic E-state index is 5.72. The molecule has 1 heterocycles. The molecule has 0 amide bonds. The molecule has 78 valence electrons. The van der Waals surface area contributed by atoms with Crippen LogP contribution in [0.3, 0.4) is 0 Å². The SMILES string of the molecule is CCc1cnc(CBr)cc1OC(C)C. The molecule has 1 aromatic rings. The summed E-state index contributed by atoms with van der Waals surface area (Å²) in [6.45, 7) is 6.18. The molecular weight excluding hydrogens is 242 g/mol. The fourth-order valence-corrected chi connectivity index (χ4v) is 1.51. The van der Waals surface area contributed by atoms with Crippen molar-refractivity contribution in [1.82, 2.24) is 4.98 Å². The second-order valence-electron chi connectivity index (χ2n) is 3.44. The zero-order chi connectivity index (χ0) is 10.6. The highest BCUT2D eigenvalue weighted by atomic mass is 79.9. The van der Waals surface area contributed by atoms with Gasteiger partial charge in [-0.25, -0.2) is 0 Å². The zero-order valence-corrected chi connectivity index (χ0v) is 10.5. The first-order valence-corrected chi connectivity index (χ1v) is 6.00.